The maximum absolute atomic E-state index is 10.5. The highest BCUT2D eigenvalue weighted by Crippen LogP contribution is 2.34. The molecule has 0 aromatic heterocycles. The average molecular weight is 238 g/mol. The van der Waals surface area contributed by atoms with Crippen molar-refractivity contribution in [2.45, 2.75) is 31.3 Å². The molecule has 0 saturated heterocycles. The minimum absolute atomic E-state index is 0.656. The predicted molar refractivity (Wildman–Crippen MR) is 67.3 cm³/mol. The van der Waals surface area contributed by atoms with Crippen LogP contribution in [0.15, 0.2) is 29.3 Å². The second-order valence-electron chi connectivity index (χ2n) is 4.29. The van der Waals surface area contributed by atoms with Gasteiger partial charge in [-0.05, 0) is 18.9 Å². The number of halogens is 1. The highest BCUT2D eigenvalue weighted by molar-refractivity contribution is 6.34. The molecule has 0 bridgehead atoms. The molecule has 3 heteroatoms. The lowest BCUT2D eigenvalue weighted by Crippen LogP contribution is -2.36. The molecule has 0 radical (unpaired) electrons. The first-order chi connectivity index (χ1) is 7.67. The van der Waals surface area contributed by atoms with Gasteiger partial charge in [-0.15, -0.1) is 0 Å². The van der Waals surface area contributed by atoms with E-state index in [-0.39, 0.29) is 0 Å². The van der Waals surface area contributed by atoms with Gasteiger partial charge in [-0.1, -0.05) is 42.6 Å². The summed E-state index contributed by atoms with van der Waals surface area (Å²) in [6.45, 7) is 0. The fourth-order valence-electron chi connectivity index (χ4n) is 2.43. The van der Waals surface area contributed by atoms with Gasteiger partial charge in [0.05, 0.1) is 5.71 Å². The molecule has 1 saturated carbocycles. The summed E-state index contributed by atoms with van der Waals surface area (Å²) in [4.78, 5) is 4.26. The number of rotatable bonds is 2. The van der Waals surface area contributed by atoms with E-state index in [0.717, 1.165) is 37.0 Å². The van der Waals surface area contributed by atoms with Crippen molar-refractivity contribution in [3.63, 3.8) is 0 Å². The number of hydrogen-bond acceptors (Lipinski definition) is 2. The van der Waals surface area contributed by atoms with E-state index in [1.54, 1.807) is 7.05 Å². The number of aliphatic hydroxyl groups is 1. The van der Waals surface area contributed by atoms with Gasteiger partial charge in [0.25, 0.3) is 0 Å². The summed E-state index contributed by atoms with van der Waals surface area (Å²) in [6.07, 6.45) is 3.68. The van der Waals surface area contributed by atoms with Gasteiger partial charge in [-0.25, -0.2) is 0 Å². The van der Waals surface area contributed by atoms with Crippen LogP contribution in [-0.2, 0) is 0 Å². The molecular formula is C13H16ClNO. The summed E-state index contributed by atoms with van der Waals surface area (Å²) in [5.74, 6) is 0. The highest BCUT2D eigenvalue weighted by Gasteiger charge is 2.37. The normalized spacial score (nSPS) is 20.1. The molecule has 0 aliphatic heterocycles. The van der Waals surface area contributed by atoms with Crippen LogP contribution in [0.2, 0.25) is 5.02 Å². The number of benzene rings is 1. The summed E-state index contributed by atoms with van der Waals surface area (Å²) >= 11 is 6.15. The summed E-state index contributed by atoms with van der Waals surface area (Å²) in [5, 5.41) is 11.2. The van der Waals surface area contributed by atoms with Gasteiger partial charge in [0.15, 0.2) is 0 Å². The molecule has 1 aliphatic carbocycles. The minimum atomic E-state index is -0.778. The predicted octanol–water partition coefficient (Wildman–Crippen LogP) is 3.06. The topological polar surface area (TPSA) is 32.6 Å². The Balaban J connectivity index is 2.41. The van der Waals surface area contributed by atoms with Crippen LogP contribution in [0.5, 0.6) is 0 Å². The molecule has 86 valence electrons. The second kappa shape index (κ2) is 4.56. The maximum atomic E-state index is 10.5. The summed E-state index contributed by atoms with van der Waals surface area (Å²) < 4.78 is 0. The Bertz CT molecular complexity index is 408. The molecule has 0 spiro atoms. The highest BCUT2D eigenvalue weighted by atomic mass is 35.5. The third-order valence-corrected chi connectivity index (χ3v) is 3.55. The lowest BCUT2D eigenvalue weighted by molar-refractivity contribution is 0.121. The standard InChI is InChI=1S/C13H16ClNO/c1-15-12(13(16)8-4-5-9-13)10-6-2-3-7-11(10)14/h2-3,6-7,16H,4-5,8-9H2,1H3/b15-12-. The first-order valence-electron chi connectivity index (χ1n) is 5.62. The largest absolute Gasteiger partial charge is 0.384 e. The fraction of sp³-hybridized carbons (Fsp3) is 0.462. The van der Waals surface area contributed by atoms with Crippen molar-refractivity contribution in [3.8, 4) is 0 Å². The van der Waals surface area contributed by atoms with E-state index in [9.17, 15) is 5.11 Å². The monoisotopic (exact) mass is 237 g/mol. The van der Waals surface area contributed by atoms with E-state index >= 15 is 0 Å². The molecule has 0 atom stereocenters. The zero-order valence-corrected chi connectivity index (χ0v) is 10.2. The van der Waals surface area contributed by atoms with Crippen LogP contribution in [0, 0.1) is 0 Å². The number of hydrogen-bond donors (Lipinski definition) is 1. The van der Waals surface area contributed by atoms with Crippen molar-refractivity contribution >= 4 is 17.3 Å². The minimum Gasteiger partial charge on any atom is -0.384 e. The molecule has 2 rings (SSSR count). The van der Waals surface area contributed by atoms with Gasteiger partial charge in [-0.3, -0.25) is 4.99 Å². The zero-order valence-electron chi connectivity index (χ0n) is 9.41. The van der Waals surface area contributed by atoms with Crippen molar-refractivity contribution in [1.29, 1.82) is 0 Å². The smallest absolute Gasteiger partial charge is 0.107 e. The first kappa shape index (κ1) is 11.6. The third-order valence-electron chi connectivity index (χ3n) is 3.22. The van der Waals surface area contributed by atoms with Crippen molar-refractivity contribution in [2.24, 2.45) is 4.99 Å². The number of aliphatic imine (C=N–C) groups is 1. The summed E-state index contributed by atoms with van der Waals surface area (Å²) in [6, 6.07) is 7.56. The van der Waals surface area contributed by atoms with Crippen LogP contribution in [0.25, 0.3) is 0 Å². The molecule has 1 aliphatic rings. The van der Waals surface area contributed by atoms with Crippen LogP contribution in [-0.4, -0.2) is 23.5 Å². The maximum Gasteiger partial charge on any atom is 0.107 e. The molecule has 1 fully saturated rings. The van der Waals surface area contributed by atoms with E-state index in [4.69, 9.17) is 11.6 Å². The van der Waals surface area contributed by atoms with Crippen LogP contribution in [0.3, 0.4) is 0 Å². The second-order valence-corrected chi connectivity index (χ2v) is 4.70. The molecule has 2 nitrogen and oxygen atoms in total. The molecule has 0 unspecified atom stereocenters. The van der Waals surface area contributed by atoms with E-state index in [1.165, 1.54) is 0 Å². The first-order valence-corrected chi connectivity index (χ1v) is 6.00. The zero-order chi connectivity index (χ0) is 11.6. The molecule has 16 heavy (non-hydrogen) atoms. The average Bonchev–Trinajstić information content (AvgIpc) is 2.70. The molecule has 0 heterocycles. The number of nitrogens with zero attached hydrogens (tertiary/aromatic N) is 1. The molecule has 1 aromatic rings. The van der Waals surface area contributed by atoms with Crippen LogP contribution in [0.1, 0.15) is 31.2 Å². The summed E-state index contributed by atoms with van der Waals surface area (Å²) in [5.41, 5.74) is 0.811. The van der Waals surface area contributed by atoms with E-state index in [0.29, 0.717) is 5.02 Å². The summed E-state index contributed by atoms with van der Waals surface area (Å²) in [7, 11) is 1.72. The SMILES string of the molecule is C/N=C(/c1ccccc1Cl)C1(O)CCCC1. The Hall–Kier alpha value is -0.860. The Labute approximate surface area is 101 Å². The van der Waals surface area contributed by atoms with Gasteiger partial charge >= 0.3 is 0 Å². The van der Waals surface area contributed by atoms with Gasteiger partial charge in [0, 0.05) is 17.6 Å². The van der Waals surface area contributed by atoms with Crippen LogP contribution >= 0.6 is 11.6 Å². The third kappa shape index (κ3) is 2.00. The Morgan fingerprint density at radius 1 is 1.31 bits per heavy atom. The molecule has 0 amide bonds. The fourth-order valence-corrected chi connectivity index (χ4v) is 2.65. The Morgan fingerprint density at radius 2 is 1.94 bits per heavy atom. The molecule has 1 aromatic carbocycles. The van der Waals surface area contributed by atoms with Gasteiger partial charge in [0.2, 0.25) is 0 Å². The van der Waals surface area contributed by atoms with E-state index in [1.807, 2.05) is 24.3 Å². The van der Waals surface area contributed by atoms with Crippen LogP contribution in [0.4, 0.5) is 0 Å². The molecule has 1 N–H and O–H groups in total. The van der Waals surface area contributed by atoms with Crippen molar-refractivity contribution < 1.29 is 5.11 Å². The Morgan fingerprint density at radius 3 is 2.50 bits per heavy atom. The lowest BCUT2D eigenvalue weighted by Gasteiger charge is -2.25. The van der Waals surface area contributed by atoms with E-state index in [2.05, 4.69) is 4.99 Å². The van der Waals surface area contributed by atoms with Gasteiger partial charge in [-0.2, -0.15) is 0 Å². The van der Waals surface area contributed by atoms with Crippen molar-refractivity contribution in [1.82, 2.24) is 0 Å². The van der Waals surface area contributed by atoms with Crippen molar-refractivity contribution in [2.75, 3.05) is 7.05 Å². The van der Waals surface area contributed by atoms with Gasteiger partial charge < -0.3 is 5.11 Å². The van der Waals surface area contributed by atoms with Crippen LogP contribution < -0.4 is 0 Å². The van der Waals surface area contributed by atoms with Crippen molar-refractivity contribution in [3.05, 3.63) is 34.9 Å². The Kier molecular flexibility index (Phi) is 3.31. The quantitative estimate of drug-likeness (QED) is 0.788. The van der Waals surface area contributed by atoms with E-state index < -0.39 is 5.60 Å². The molecular weight excluding hydrogens is 222 g/mol. The van der Waals surface area contributed by atoms with Gasteiger partial charge in [0.1, 0.15) is 5.60 Å². The lowest BCUT2D eigenvalue weighted by atomic mass is 9.90.